The molecule has 5 heteroatoms. The highest BCUT2D eigenvalue weighted by Gasteiger charge is 2.06. The van der Waals surface area contributed by atoms with Crippen LogP contribution in [0.4, 0.5) is 0 Å². The average Bonchev–Trinajstić information content (AvgIpc) is 2.98. The fourth-order valence-electron chi connectivity index (χ4n) is 1.43. The lowest BCUT2D eigenvalue weighted by molar-refractivity contribution is 0.0955. The molecular formula is C13H14N2O2S. The van der Waals surface area contributed by atoms with Crippen molar-refractivity contribution in [2.45, 2.75) is 20.3 Å². The number of rotatable bonds is 4. The molecule has 2 aromatic heterocycles. The lowest BCUT2D eigenvalue weighted by Crippen LogP contribution is -2.16. The van der Waals surface area contributed by atoms with E-state index < -0.39 is 0 Å². The van der Waals surface area contributed by atoms with Crippen molar-refractivity contribution in [3.05, 3.63) is 45.5 Å². The highest BCUT2D eigenvalue weighted by Crippen LogP contribution is 2.14. The zero-order valence-electron chi connectivity index (χ0n) is 10.3. The number of carbonyl (C=O) groups excluding carboxylic acids is 1. The Morgan fingerprint density at radius 2 is 2.39 bits per heavy atom. The zero-order chi connectivity index (χ0) is 13.0. The molecule has 2 aromatic rings. The number of aryl methyl sites for hydroxylation is 2. The number of thiophene rings is 1. The second-order valence-corrected chi connectivity index (χ2v) is 4.80. The van der Waals surface area contributed by atoms with Gasteiger partial charge in [-0.3, -0.25) is 4.79 Å². The standard InChI is InChI=1S/C13H14N2O2S/c1-3-12-6-10(8-18-12)13(16)15-14-7-11-5-4-9(2)17-11/h4-8H,3H2,1-2H3,(H,15,16)/b14-7-. The van der Waals surface area contributed by atoms with Crippen LogP contribution in [0.2, 0.25) is 0 Å². The number of carbonyl (C=O) groups is 1. The molecular weight excluding hydrogens is 248 g/mol. The van der Waals surface area contributed by atoms with Crippen LogP contribution in [0.25, 0.3) is 0 Å². The van der Waals surface area contributed by atoms with Gasteiger partial charge in [-0.2, -0.15) is 5.10 Å². The van der Waals surface area contributed by atoms with Gasteiger partial charge in [-0.1, -0.05) is 6.92 Å². The first-order chi connectivity index (χ1) is 8.69. The van der Waals surface area contributed by atoms with Crippen molar-refractivity contribution >= 4 is 23.5 Å². The first-order valence-corrected chi connectivity index (χ1v) is 6.54. The smallest absolute Gasteiger partial charge is 0.272 e. The summed E-state index contributed by atoms with van der Waals surface area (Å²) in [5, 5.41) is 5.69. The summed E-state index contributed by atoms with van der Waals surface area (Å²) in [5.74, 6) is 1.23. The molecule has 2 rings (SSSR count). The van der Waals surface area contributed by atoms with Gasteiger partial charge < -0.3 is 4.42 Å². The van der Waals surface area contributed by atoms with Gasteiger partial charge in [-0.15, -0.1) is 11.3 Å². The van der Waals surface area contributed by atoms with Gasteiger partial charge in [0.1, 0.15) is 11.5 Å². The lowest BCUT2D eigenvalue weighted by Gasteiger charge is -1.94. The molecule has 2 heterocycles. The van der Waals surface area contributed by atoms with Crippen LogP contribution in [0, 0.1) is 6.92 Å². The molecule has 1 N–H and O–H groups in total. The third kappa shape index (κ3) is 3.07. The monoisotopic (exact) mass is 262 g/mol. The van der Waals surface area contributed by atoms with Gasteiger partial charge in [-0.05, 0) is 31.5 Å². The summed E-state index contributed by atoms with van der Waals surface area (Å²) in [7, 11) is 0. The molecule has 0 saturated carbocycles. The molecule has 0 atom stereocenters. The first-order valence-electron chi connectivity index (χ1n) is 5.66. The van der Waals surface area contributed by atoms with E-state index in [0.29, 0.717) is 11.3 Å². The molecule has 0 aliphatic rings. The largest absolute Gasteiger partial charge is 0.460 e. The van der Waals surface area contributed by atoms with E-state index in [-0.39, 0.29) is 5.91 Å². The number of hydrazone groups is 1. The molecule has 0 aliphatic carbocycles. The molecule has 4 nitrogen and oxygen atoms in total. The molecule has 18 heavy (non-hydrogen) atoms. The number of nitrogens with one attached hydrogen (secondary N) is 1. The first kappa shape index (κ1) is 12.6. The quantitative estimate of drug-likeness (QED) is 0.680. The average molecular weight is 262 g/mol. The maximum atomic E-state index is 11.7. The number of furan rings is 1. The van der Waals surface area contributed by atoms with E-state index >= 15 is 0 Å². The van der Waals surface area contributed by atoms with E-state index in [2.05, 4.69) is 17.5 Å². The van der Waals surface area contributed by atoms with Crippen LogP contribution in [0.5, 0.6) is 0 Å². The highest BCUT2D eigenvalue weighted by molar-refractivity contribution is 7.10. The van der Waals surface area contributed by atoms with Crippen LogP contribution in [0.3, 0.4) is 0 Å². The van der Waals surface area contributed by atoms with Crippen LogP contribution >= 0.6 is 11.3 Å². The molecule has 0 unspecified atom stereocenters. The third-order valence-electron chi connectivity index (χ3n) is 2.38. The third-order valence-corrected chi connectivity index (χ3v) is 3.46. The number of hydrogen-bond acceptors (Lipinski definition) is 4. The minimum absolute atomic E-state index is 0.203. The fourth-order valence-corrected chi connectivity index (χ4v) is 2.24. The summed E-state index contributed by atoms with van der Waals surface area (Å²) < 4.78 is 5.29. The summed E-state index contributed by atoms with van der Waals surface area (Å²) in [6.07, 6.45) is 2.42. The molecule has 0 saturated heterocycles. The van der Waals surface area contributed by atoms with Crippen LogP contribution < -0.4 is 5.43 Å². The minimum atomic E-state index is -0.203. The number of hydrogen-bond donors (Lipinski definition) is 1. The van der Waals surface area contributed by atoms with Gasteiger partial charge in [0, 0.05) is 10.3 Å². The molecule has 0 fully saturated rings. The van der Waals surface area contributed by atoms with Crippen LogP contribution in [0.1, 0.15) is 33.7 Å². The molecule has 0 radical (unpaired) electrons. The van der Waals surface area contributed by atoms with Crippen molar-refractivity contribution in [1.82, 2.24) is 5.43 Å². The Morgan fingerprint density at radius 3 is 3.00 bits per heavy atom. The summed E-state index contributed by atoms with van der Waals surface area (Å²) in [4.78, 5) is 12.9. The normalized spacial score (nSPS) is 11.0. The lowest BCUT2D eigenvalue weighted by atomic mass is 10.3. The van der Waals surface area contributed by atoms with E-state index in [9.17, 15) is 4.79 Å². The van der Waals surface area contributed by atoms with Gasteiger partial charge in [0.05, 0.1) is 11.8 Å². The molecule has 0 aromatic carbocycles. The van der Waals surface area contributed by atoms with Crippen LogP contribution in [0.15, 0.2) is 33.1 Å². The molecule has 1 amide bonds. The van der Waals surface area contributed by atoms with Crippen LogP contribution in [-0.4, -0.2) is 12.1 Å². The van der Waals surface area contributed by atoms with Crippen LogP contribution in [-0.2, 0) is 6.42 Å². The zero-order valence-corrected chi connectivity index (χ0v) is 11.1. The Morgan fingerprint density at radius 1 is 1.56 bits per heavy atom. The van der Waals surface area contributed by atoms with Crippen molar-refractivity contribution in [2.24, 2.45) is 5.10 Å². The predicted molar refractivity (Wildman–Crippen MR) is 72.2 cm³/mol. The van der Waals surface area contributed by atoms with Gasteiger partial charge in [0.2, 0.25) is 0 Å². The maximum Gasteiger partial charge on any atom is 0.272 e. The molecule has 94 valence electrons. The Hall–Kier alpha value is -1.88. The van der Waals surface area contributed by atoms with E-state index in [0.717, 1.165) is 12.2 Å². The summed E-state index contributed by atoms with van der Waals surface area (Å²) in [6, 6.07) is 5.52. The SMILES string of the molecule is CCc1cc(C(=O)N/N=C\c2ccc(C)o2)cs1. The fraction of sp³-hybridized carbons (Fsp3) is 0.231. The second-order valence-electron chi connectivity index (χ2n) is 3.80. The van der Waals surface area contributed by atoms with Gasteiger partial charge in [-0.25, -0.2) is 5.43 Å². The van der Waals surface area contributed by atoms with Gasteiger partial charge >= 0.3 is 0 Å². The Balaban J connectivity index is 1.93. The summed E-state index contributed by atoms with van der Waals surface area (Å²) in [5.41, 5.74) is 3.11. The van der Waals surface area contributed by atoms with Crippen molar-refractivity contribution in [2.75, 3.05) is 0 Å². The van der Waals surface area contributed by atoms with Crippen molar-refractivity contribution in [3.8, 4) is 0 Å². The molecule has 0 bridgehead atoms. The maximum absolute atomic E-state index is 11.7. The van der Waals surface area contributed by atoms with Gasteiger partial charge in [0.25, 0.3) is 5.91 Å². The highest BCUT2D eigenvalue weighted by atomic mass is 32.1. The second kappa shape index (κ2) is 5.64. The topological polar surface area (TPSA) is 54.6 Å². The molecule has 0 spiro atoms. The van der Waals surface area contributed by atoms with Gasteiger partial charge in [0.15, 0.2) is 0 Å². The number of nitrogens with zero attached hydrogens (tertiary/aromatic N) is 1. The van der Waals surface area contributed by atoms with E-state index in [1.165, 1.54) is 11.1 Å². The minimum Gasteiger partial charge on any atom is -0.460 e. The Labute approximate surface area is 109 Å². The molecule has 0 aliphatic heterocycles. The Kier molecular flexibility index (Phi) is 3.94. The van der Waals surface area contributed by atoms with Crippen molar-refractivity contribution < 1.29 is 9.21 Å². The van der Waals surface area contributed by atoms with E-state index in [1.54, 1.807) is 17.4 Å². The number of amides is 1. The summed E-state index contributed by atoms with van der Waals surface area (Å²) in [6.45, 7) is 3.92. The van der Waals surface area contributed by atoms with E-state index in [4.69, 9.17) is 4.42 Å². The van der Waals surface area contributed by atoms with Crippen molar-refractivity contribution in [3.63, 3.8) is 0 Å². The Bertz CT molecular complexity index is 569. The van der Waals surface area contributed by atoms with Crippen molar-refractivity contribution in [1.29, 1.82) is 0 Å². The predicted octanol–water partition coefficient (Wildman–Crippen LogP) is 2.98. The van der Waals surface area contributed by atoms with E-state index in [1.807, 2.05) is 24.4 Å². The summed E-state index contributed by atoms with van der Waals surface area (Å²) >= 11 is 1.58.